The summed E-state index contributed by atoms with van der Waals surface area (Å²) >= 11 is 0. The number of likely N-dealkylation sites (tertiary alicyclic amines) is 1. The second kappa shape index (κ2) is 4.56. The summed E-state index contributed by atoms with van der Waals surface area (Å²) in [6.07, 6.45) is 2.30. The van der Waals surface area contributed by atoms with Crippen molar-refractivity contribution in [1.29, 1.82) is 0 Å². The molecule has 0 aromatic heterocycles. The summed E-state index contributed by atoms with van der Waals surface area (Å²) in [5.74, 6) is 0.462. The van der Waals surface area contributed by atoms with Crippen LogP contribution in [-0.2, 0) is 0 Å². The molecular weight excluding hydrogens is 190 g/mol. The molecule has 1 aliphatic heterocycles. The first-order valence-corrected chi connectivity index (χ1v) is 5.37. The van der Waals surface area contributed by atoms with E-state index >= 15 is 0 Å². The fourth-order valence-electron chi connectivity index (χ4n) is 2.12. The van der Waals surface area contributed by atoms with E-state index < -0.39 is 13.4 Å². The lowest BCUT2D eigenvalue weighted by Gasteiger charge is -2.40. The SMILES string of the molecule is CCC1CCC(C)N(C[B-](F)(F)F)C1. The van der Waals surface area contributed by atoms with Crippen LogP contribution >= 0.6 is 0 Å². The lowest BCUT2D eigenvalue weighted by molar-refractivity contribution is 0.125. The highest BCUT2D eigenvalue weighted by molar-refractivity contribution is 6.58. The number of hydrogen-bond acceptors (Lipinski definition) is 1. The maximum Gasteiger partial charge on any atom is 0.492 e. The minimum atomic E-state index is -4.66. The molecule has 0 N–H and O–H groups in total. The third kappa shape index (κ3) is 3.52. The van der Waals surface area contributed by atoms with Crippen molar-refractivity contribution in [1.82, 2.24) is 4.90 Å². The lowest BCUT2D eigenvalue weighted by atomic mass is 9.85. The largest absolute Gasteiger partial charge is 0.492 e. The maximum absolute atomic E-state index is 12.3. The van der Waals surface area contributed by atoms with Crippen molar-refractivity contribution >= 4 is 6.98 Å². The smallest absolute Gasteiger partial charge is 0.448 e. The Morgan fingerprint density at radius 1 is 1.29 bits per heavy atom. The monoisotopic (exact) mass is 208 g/mol. The Labute approximate surface area is 83.7 Å². The molecule has 1 aliphatic rings. The van der Waals surface area contributed by atoms with Crippen LogP contribution in [0, 0.1) is 5.92 Å². The van der Waals surface area contributed by atoms with Gasteiger partial charge in [0.15, 0.2) is 0 Å². The van der Waals surface area contributed by atoms with Gasteiger partial charge in [-0.25, -0.2) is 0 Å². The molecule has 2 atom stereocenters. The Balaban J connectivity index is 2.48. The van der Waals surface area contributed by atoms with Gasteiger partial charge in [0.2, 0.25) is 0 Å². The number of piperidine rings is 1. The van der Waals surface area contributed by atoms with E-state index in [0.717, 1.165) is 19.3 Å². The Morgan fingerprint density at radius 2 is 1.93 bits per heavy atom. The van der Waals surface area contributed by atoms with E-state index in [2.05, 4.69) is 6.92 Å². The fraction of sp³-hybridized carbons (Fsp3) is 1.00. The van der Waals surface area contributed by atoms with Crippen molar-refractivity contribution in [3.63, 3.8) is 0 Å². The first-order chi connectivity index (χ1) is 6.42. The number of hydrogen-bond donors (Lipinski definition) is 0. The van der Waals surface area contributed by atoms with E-state index in [0.29, 0.717) is 12.5 Å². The van der Waals surface area contributed by atoms with E-state index in [1.165, 1.54) is 0 Å². The molecule has 1 saturated heterocycles. The van der Waals surface area contributed by atoms with Crippen LogP contribution in [-0.4, -0.2) is 30.9 Å². The summed E-state index contributed by atoms with van der Waals surface area (Å²) in [5.41, 5.74) is 0. The van der Waals surface area contributed by atoms with E-state index in [9.17, 15) is 12.9 Å². The van der Waals surface area contributed by atoms with E-state index in [1.54, 1.807) is 4.90 Å². The number of halogens is 3. The van der Waals surface area contributed by atoms with Crippen molar-refractivity contribution in [3.05, 3.63) is 0 Å². The minimum absolute atomic E-state index is 0.0984. The number of nitrogens with zero attached hydrogens (tertiary/aromatic N) is 1. The van der Waals surface area contributed by atoms with Gasteiger partial charge in [-0.1, -0.05) is 13.3 Å². The fourth-order valence-corrected chi connectivity index (χ4v) is 2.12. The van der Waals surface area contributed by atoms with Gasteiger partial charge in [0.25, 0.3) is 0 Å². The molecule has 0 saturated carbocycles. The highest BCUT2D eigenvalue weighted by Gasteiger charge is 2.32. The van der Waals surface area contributed by atoms with E-state index in [4.69, 9.17) is 0 Å². The Kier molecular flexibility index (Phi) is 3.87. The molecule has 14 heavy (non-hydrogen) atoms. The predicted molar refractivity (Wildman–Crippen MR) is 53.1 cm³/mol. The minimum Gasteiger partial charge on any atom is -0.448 e. The van der Waals surface area contributed by atoms with E-state index in [1.807, 2.05) is 6.92 Å². The Morgan fingerprint density at radius 3 is 2.43 bits per heavy atom. The van der Waals surface area contributed by atoms with Gasteiger partial charge in [0, 0.05) is 6.04 Å². The van der Waals surface area contributed by atoms with Crippen LogP contribution in [0.2, 0.25) is 0 Å². The molecule has 1 fully saturated rings. The van der Waals surface area contributed by atoms with Gasteiger partial charge in [-0.3, -0.25) is 0 Å². The van der Waals surface area contributed by atoms with Crippen molar-refractivity contribution in [3.8, 4) is 0 Å². The molecule has 1 rings (SSSR count). The molecule has 1 heterocycles. The van der Waals surface area contributed by atoms with Gasteiger partial charge in [-0.2, -0.15) is 0 Å². The van der Waals surface area contributed by atoms with E-state index in [-0.39, 0.29) is 6.04 Å². The molecule has 0 aromatic rings. The van der Waals surface area contributed by atoms with Gasteiger partial charge >= 0.3 is 6.98 Å². The van der Waals surface area contributed by atoms with Crippen molar-refractivity contribution < 1.29 is 12.9 Å². The first kappa shape index (κ1) is 11.9. The zero-order valence-corrected chi connectivity index (χ0v) is 8.85. The summed E-state index contributed by atoms with van der Waals surface area (Å²) in [4.78, 5) is 1.59. The van der Waals surface area contributed by atoms with Gasteiger partial charge < -0.3 is 17.8 Å². The summed E-state index contributed by atoms with van der Waals surface area (Å²) in [7, 11) is 0. The van der Waals surface area contributed by atoms with Crippen LogP contribution in [0.5, 0.6) is 0 Å². The predicted octanol–water partition coefficient (Wildman–Crippen LogP) is 2.88. The van der Waals surface area contributed by atoms with Gasteiger partial charge in [-0.15, -0.1) is 0 Å². The molecule has 84 valence electrons. The molecule has 2 unspecified atom stereocenters. The molecule has 0 spiro atoms. The maximum atomic E-state index is 12.3. The topological polar surface area (TPSA) is 3.24 Å². The van der Waals surface area contributed by atoms with Crippen molar-refractivity contribution in [2.75, 3.05) is 13.0 Å². The third-order valence-electron chi connectivity index (χ3n) is 3.13. The highest BCUT2D eigenvalue weighted by atomic mass is 19.4. The van der Waals surface area contributed by atoms with Gasteiger partial charge in [0.1, 0.15) is 0 Å². The van der Waals surface area contributed by atoms with Crippen molar-refractivity contribution in [2.45, 2.75) is 39.2 Å². The highest BCUT2D eigenvalue weighted by Crippen LogP contribution is 2.25. The van der Waals surface area contributed by atoms with Crippen LogP contribution in [0.1, 0.15) is 33.1 Å². The van der Waals surface area contributed by atoms with Gasteiger partial charge in [0.05, 0.1) is 0 Å². The summed E-state index contributed by atoms with van der Waals surface area (Å²) < 4.78 is 36.8. The first-order valence-electron chi connectivity index (χ1n) is 5.37. The zero-order valence-electron chi connectivity index (χ0n) is 8.85. The van der Waals surface area contributed by atoms with Crippen LogP contribution in [0.15, 0.2) is 0 Å². The van der Waals surface area contributed by atoms with Crippen LogP contribution in [0.25, 0.3) is 0 Å². The molecule has 1 nitrogen and oxygen atoms in total. The second-order valence-electron chi connectivity index (χ2n) is 4.36. The van der Waals surface area contributed by atoms with Gasteiger partial charge in [-0.05, 0) is 38.7 Å². The average molecular weight is 208 g/mol. The standard InChI is InChI=1S/C9H18BF3N/c1-3-9-5-4-8(2)14(6-9)7-10(11,12)13/h8-9H,3-7H2,1-2H3/q-1. The average Bonchev–Trinajstić information content (AvgIpc) is 2.06. The Bertz CT molecular complexity index is 183. The molecule has 0 bridgehead atoms. The van der Waals surface area contributed by atoms with Crippen LogP contribution in [0.4, 0.5) is 12.9 Å². The molecule has 0 amide bonds. The molecular formula is C9H18BF3N-. The van der Waals surface area contributed by atoms with Crippen molar-refractivity contribution in [2.24, 2.45) is 5.92 Å². The summed E-state index contributed by atoms with van der Waals surface area (Å²) in [6.45, 7) is -0.0861. The van der Waals surface area contributed by atoms with Crippen LogP contribution < -0.4 is 0 Å². The molecule has 0 radical (unpaired) electrons. The zero-order chi connectivity index (χ0) is 10.8. The third-order valence-corrected chi connectivity index (χ3v) is 3.13. The molecule has 0 aromatic carbocycles. The van der Waals surface area contributed by atoms with Crippen LogP contribution in [0.3, 0.4) is 0 Å². The quantitative estimate of drug-likeness (QED) is 0.644. The lowest BCUT2D eigenvalue weighted by Crippen LogP contribution is -2.48. The summed E-state index contributed by atoms with van der Waals surface area (Å²) in [5, 5.41) is 0. The summed E-state index contributed by atoms with van der Waals surface area (Å²) in [6, 6.07) is 0.0984. The molecule has 5 heteroatoms. The number of rotatable bonds is 3. The molecule has 0 aliphatic carbocycles. The normalized spacial score (nSPS) is 30.6. The Hall–Kier alpha value is -0.185. The second-order valence-corrected chi connectivity index (χ2v) is 4.36.